The molecule has 1 heterocycles. The predicted octanol–water partition coefficient (Wildman–Crippen LogP) is 4.46. The standard InChI is InChI=1S/C22H26Cl2N2O3S/c1-16(17-6-3-2-4-7-17)14-25-22(27)18-10-12-26(13-11-18)30(28,29)15-19-20(23)8-5-9-21(19)24/h2-9,16,18H,10-15H2,1H3,(H,25,27)/t16-/m1/s1. The molecule has 1 aliphatic rings. The van der Waals surface area contributed by atoms with Crippen LogP contribution in [0.3, 0.4) is 0 Å². The first-order valence-corrected chi connectivity index (χ1v) is 12.4. The molecular weight excluding hydrogens is 443 g/mol. The fourth-order valence-corrected chi connectivity index (χ4v) is 5.95. The average molecular weight is 469 g/mol. The lowest BCUT2D eigenvalue weighted by Crippen LogP contribution is -2.43. The molecule has 3 rings (SSSR count). The van der Waals surface area contributed by atoms with Crippen molar-refractivity contribution in [3.05, 3.63) is 69.7 Å². The van der Waals surface area contributed by atoms with Crippen LogP contribution in [-0.4, -0.2) is 38.3 Å². The quantitative estimate of drug-likeness (QED) is 0.652. The highest BCUT2D eigenvalue weighted by Crippen LogP contribution is 2.29. The van der Waals surface area contributed by atoms with Gasteiger partial charge in [0, 0.05) is 41.2 Å². The van der Waals surface area contributed by atoms with E-state index in [2.05, 4.69) is 12.2 Å². The first-order chi connectivity index (χ1) is 14.3. The summed E-state index contributed by atoms with van der Waals surface area (Å²) in [6.45, 7) is 3.27. The number of amides is 1. The third-order valence-corrected chi connectivity index (χ3v) is 8.07. The Balaban J connectivity index is 1.52. The van der Waals surface area contributed by atoms with Crippen molar-refractivity contribution in [1.29, 1.82) is 0 Å². The van der Waals surface area contributed by atoms with Gasteiger partial charge in [-0.25, -0.2) is 12.7 Å². The van der Waals surface area contributed by atoms with E-state index in [1.54, 1.807) is 18.2 Å². The van der Waals surface area contributed by atoms with E-state index in [1.807, 2.05) is 30.3 Å². The minimum atomic E-state index is -3.56. The van der Waals surface area contributed by atoms with Crippen molar-refractivity contribution in [2.75, 3.05) is 19.6 Å². The van der Waals surface area contributed by atoms with Gasteiger partial charge in [-0.3, -0.25) is 4.79 Å². The molecular formula is C22H26Cl2N2O3S. The minimum Gasteiger partial charge on any atom is -0.355 e. The van der Waals surface area contributed by atoms with Crippen LogP contribution in [0.2, 0.25) is 10.0 Å². The van der Waals surface area contributed by atoms with Crippen LogP contribution in [0.15, 0.2) is 48.5 Å². The van der Waals surface area contributed by atoms with Gasteiger partial charge in [-0.2, -0.15) is 0 Å². The van der Waals surface area contributed by atoms with Crippen LogP contribution < -0.4 is 5.32 Å². The third kappa shape index (κ3) is 5.76. The molecule has 0 aromatic heterocycles. The summed E-state index contributed by atoms with van der Waals surface area (Å²) >= 11 is 12.2. The monoisotopic (exact) mass is 468 g/mol. The van der Waals surface area contributed by atoms with Gasteiger partial charge in [0.2, 0.25) is 15.9 Å². The van der Waals surface area contributed by atoms with Gasteiger partial charge in [-0.1, -0.05) is 66.5 Å². The van der Waals surface area contributed by atoms with Gasteiger partial charge in [0.05, 0.1) is 5.75 Å². The van der Waals surface area contributed by atoms with E-state index in [4.69, 9.17) is 23.2 Å². The van der Waals surface area contributed by atoms with Crippen molar-refractivity contribution in [2.45, 2.75) is 31.4 Å². The number of nitrogens with zero attached hydrogens (tertiary/aromatic N) is 1. The lowest BCUT2D eigenvalue weighted by atomic mass is 9.96. The Hall–Kier alpha value is -1.60. The second-order valence-electron chi connectivity index (χ2n) is 7.69. The molecule has 1 fully saturated rings. The number of hydrogen-bond acceptors (Lipinski definition) is 3. The fourth-order valence-electron chi connectivity index (χ4n) is 3.64. The van der Waals surface area contributed by atoms with Crippen LogP contribution in [0, 0.1) is 5.92 Å². The maximum Gasteiger partial charge on any atom is 0.223 e. The number of carbonyl (C=O) groups excluding carboxylic acids is 1. The van der Waals surface area contributed by atoms with E-state index in [1.165, 1.54) is 9.87 Å². The Kier molecular flexibility index (Phi) is 7.80. The first-order valence-electron chi connectivity index (χ1n) is 10.0. The van der Waals surface area contributed by atoms with Gasteiger partial charge in [0.15, 0.2) is 0 Å². The van der Waals surface area contributed by atoms with E-state index < -0.39 is 10.0 Å². The maximum atomic E-state index is 12.8. The van der Waals surface area contributed by atoms with Crippen molar-refractivity contribution in [3.63, 3.8) is 0 Å². The largest absolute Gasteiger partial charge is 0.355 e. The van der Waals surface area contributed by atoms with Gasteiger partial charge >= 0.3 is 0 Å². The van der Waals surface area contributed by atoms with E-state index in [-0.39, 0.29) is 23.5 Å². The predicted molar refractivity (Wildman–Crippen MR) is 121 cm³/mol. The van der Waals surface area contributed by atoms with Crippen molar-refractivity contribution in [1.82, 2.24) is 9.62 Å². The number of halogens is 2. The molecule has 1 atom stereocenters. The molecule has 1 amide bonds. The van der Waals surface area contributed by atoms with Crippen LogP contribution in [0.1, 0.15) is 36.8 Å². The number of sulfonamides is 1. The molecule has 0 unspecified atom stereocenters. The molecule has 8 heteroatoms. The highest BCUT2D eigenvalue weighted by atomic mass is 35.5. The summed E-state index contributed by atoms with van der Waals surface area (Å²) in [6, 6.07) is 15.0. The van der Waals surface area contributed by atoms with Gasteiger partial charge in [-0.15, -0.1) is 0 Å². The summed E-state index contributed by atoms with van der Waals surface area (Å²) < 4.78 is 27.1. The number of benzene rings is 2. The average Bonchev–Trinajstić information content (AvgIpc) is 2.75. The molecule has 0 saturated carbocycles. The van der Waals surface area contributed by atoms with E-state index >= 15 is 0 Å². The number of rotatable bonds is 7. The third-order valence-electron chi connectivity index (χ3n) is 5.56. The summed E-state index contributed by atoms with van der Waals surface area (Å²) in [6.07, 6.45) is 1.00. The zero-order valence-corrected chi connectivity index (χ0v) is 19.2. The topological polar surface area (TPSA) is 66.5 Å². The van der Waals surface area contributed by atoms with Crippen molar-refractivity contribution in [2.24, 2.45) is 5.92 Å². The van der Waals surface area contributed by atoms with Crippen LogP contribution in [0.4, 0.5) is 0 Å². The Labute approximate surface area is 188 Å². The van der Waals surface area contributed by atoms with Crippen LogP contribution in [0.5, 0.6) is 0 Å². The van der Waals surface area contributed by atoms with Gasteiger partial charge in [0.1, 0.15) is 0 Å². The van der Waals surface area contributed by atoms with E-state index in [0.29, 0.717) is 48.1 Å². The summed E-state index contributed by atoms with van der Waals surface area (Å²) in [4.78, 5) is 12.6. The second-order valence-corrected chi connectivity index (χ2v) is 10.5. The Bertz CT molecular complexity index is 955. The van der Waals surface area contributed by atoms with E-state index in [9.17, 15) is 13.2 Å². The molecule has 1 N–H and O–H groups in total. The number of nitrogens with one attached hydrogen (secondary N) is 1. The summed E-state index contributed by atoms with van der Waals surface area (Å²) in [7, 11) is -3.56. The zero-order valence-electron chi connectivity index (χ0n) is 16.9. The summed E-state index contributed by atoms with van der Waals surface area (Å²) in [5, 5.41) is 3.70. The van der Waals surface area contributed by atoms with Crippen LogP contribution >= 0.6 is 23.2 Å². The molecule has 0 bridgehead atoms. The molecule has 1 aliphatic heterocycles. The van der Waals surface area contributed by atoms with Gasteiger partial charge < -0.3 is 5.32 Å². The molecule has 5 nitrogen and oxygen atoms in total. The Morgan fingerprint density at radius 1 is 1.07 bits per heavy atom. The molecule has 2 aromatic rings. The molecule has 30 heavy (non-hydrogen) atoms. The van der Waals surface area contributed by atoms with Crippen molar-refractivity contribution >= 4 is 39.1 Å². The van der Waals surface area contributed by atoms with Crippen LogP contribution in [0.25, 0.3) is 0 Å². The maximum absolute atomic E-state index is 12.8. The highest BCUT2D eigenvalue weighted by molar-refractivity contribution is 7.88. The summed E-state index contributed by atoms with van der Waals surface area (Å²) in [5.74, 6) is -0.208. The first kappa shape index (κ1) is 23.1. The van der Waals surface area contributed by atoms with Gasteiger partial charge in [-0.05, 0) is 36.5 Å². The zero-order chi connectivity index (χ0) is 21.7. The lowest BCUT2D eigenvalue weighted by Gasteiger charge is -2.31. The molecule has 1 saturated heterocycles. The molecule has 162 valence electrons. The molecule has 0 radical (unpaired) electrons. The number of piperidine rings is 1. The summed E-state index contributed by atoms with van der Waals surface area (Å²) in [5.41, 5.74) is 1.59. The molecule has 0 spiro atoms. The second kappa shape index (κ2) is 10.1. The minimum absolute atomic E-state index is 0.0102. The molecule has 0 aliphatic carbocycles. The van der Waals surface area contributed by atoms with Crippen molar-refractivity contribution in [3.8, 4) is 0 Å². The lowest BCUT2D eigenvalue weighted by molar-refractivity contribution is -0.126. The van der Waals surface area contributed by atoms with Crippen molar-refractivity contribution < 1.29 is 13.2 Å². The Morgan fingerprint density at radius 2 is 1.67 bits per heavy atom. The smallest absolute Gasteiger partial charge is 0.223 e. The van der Waals surface area contributed by atoms with Gasteiger partial charge in [0.25, 0.3) is 0 Å². The Morgan fingerprint density at radius 3 is 2.27 bits per heavy atom. The number of carbonyl (C=O) groups is 1. The van der Waals surface area contributed by atoms with E-state index in [0.717, 1.165) is 0 Å². The molecule has 2 aromatic carbocycles. The SMILES string of the molecule is C[C@H](CNC(=O)C1CCN(S(=O)(=O)Cc2c(Cl)cccc2Cl)CC1)c1ccccc1. The number of hydrogen-bond donors (Lipinski definition) is 1. The van der Waals surface area contributed by atoms with Crippen LogP contribution in [-0.2, 0) is 20.6 Å². The fraction of sp³-hybridized carbons (Fsp3) is 0.409. The highest BCUT2D eigenvalue weighted by Gasteiger charge is 2.32. The normalized spacial score (nSPS) is 16.9.